The molecule has 2 unspecified atom stereocenters. The molecule has 4 rings (SSSR count). The summed E-state index contributed by atoms with van der Waals surface area (Å²) in [6.45, 7) is 4.31. The van der Waals surface area contributed by atoms with Crippen LogP contribution in [0.5, 0.6) is 0 Å². The van der Waals surface area contributed by atoms with Crippen LogP contribution in [0.4, 0.5) is 0 Å². The van der Waals surface area contributed by atoms with E-state index in [0.717, 1.165) is 17.6 Å². The number of rotatable bonds is 8. The number of H-pyrrole nitrogens is 1. The molecule has 2 heterocycles. The van der Waals surface area contributed by atoms with Crippen molar-refractivity contribution in [3.63, 3.8) is 0 Å². The lowest BCUT2D eigenvalue weighted by Crippen LogP contribution is -2.25. The first-order valence-corrected chi connectivity index (χ1v) is 10.9. The van der Waals surface area contributed by atoms with Gasteiger partial charge in [0.2, 0.25) is 0 Å². The molecule has 1 aromatic carbocycles. The van der Waals surface area contributed by atoms with Gasteiger partial charge in [-0.2, -0.15) is 5.10 Å². The summed E-state index contributed by atoms with van der Waals surface area (Å²) in [5, 5.41) is 24.3. The van der Waals surface area contributed by atoms with Gasteiger partial charge in [0, 0.05) is 23.2 Å². The average molecular weight is 439 g/mol. The number of aromatic amines is 1. The van der Waals surface area contributed by atoms with Gasteiger partial charge >= 0.3 is 11.9 Å². The molecular formula is C24H30N4O4. The largest absolute Gasteiger partial charge is 0.481 e. The molecule has 2 aromatic heterocycles. The van der Waals surface area contributed by atoms with Crippen molar-refractivity contribution in [1.29, 1.82) is 0 Å². The van der Waals surface area contributed by atoms with E-state index in [1.165, 1.54) is 34.9 Å². The van der Waals surface area contributed by atoms with Gasteiger partial charge < -0.3 is 15.9 Å². The number of aromatic nitrogens is 3. The predicted molar refractivity (Wildman–Crippen MR) is 122 cm³/mol. The Balaban J connectivity index is 0.000000312. The normalized spacial score (nSPS) is 15.0. The van der Waals surface area contributed by atoms with E-state index in [-0.39, 0.29) is 18.9 Å². The van der Waals surface area contributed by atoms with Crippen LogP contribution in [-0.2, 0) is 9.59 Å². The van der Waals surface area contributed by atoms with E-state index in [1.54, 1.807) is 0 Å². The Morgan fingerprint density at radius 3 is 2.34 bits per heavy atom. The third kappa shape index (κ3) is 5.70. The van der Waals surface area contributed by atoms with Crippen LogP contribution in [0, 0.1) is 0 Å². The molecule has 0 spiro atoms. The second-order valence-corrected chi connectivity index (χ2v) is 8.26. The van der Waals surface area contributed by atoms with Gasteiger partial charge in [0.05, 0.1) is 30.2 Å². The summed E-state index contributed by atoms with van der Waals surface area (Å²) < 4.78 is 0. The molecular weight excluding hydrogens is 408 g/mol. The highest BCUT2D eigenvalue weighted by atomic mass is 16.4. The molecule has 32 heavy (non-hydrogen) atoms. The Kier molecular flexibility index (Phi) is 7.58. The number of carbonyl (C=O) groups is 2. The molecule has 0 radical (unpaired) electrons. The minimum absolute atomic E-state index is 0.182. The zero-order valence-corrected chi connectivity index (χ0v) is 18.4. The maximum Gasteiger partial charge on any atom is 0.303 e. The molecule has 0 amide bonds. The molecule has 0 saturated heterocycles. The number of benzene rings is 1. The molecule has 8 nitrogen and oxygen atoms in total. The number of pyridine rings is 1. The molecule has 1 aliphatic rings. The van der Waals surface area contributed by atoms with Gasteiger partial charge in [-0.05, 0) is 54.4 Å². The van der Waals surface area contributed by atoms with Crippen LogP contribution in [0.1, 0.15) is 68.9 Å². The Morgan fingerprint density at radius 1 is 1.12 bits per heavy atom. The van der Waals surface area contributed by atoms with Crippen molar-refractivity contribution in [3.8, 4) is 11.3 Å². The Morgan fingerprint density at radius 2 is 1.81 bits per heavy atom. The highest BCUT2D eigenvalue weighted by molar-refractivity contribution is 5.89. The van der Waals surface area contributed by atoms with E-state index in [4.69, 9.17) is 20.9 Å². The van der Waals surface area contributed by atoms with Crippen molar-refractivity contribution in [2.45, 2.75) is 63.8 Å². The third-order valence-electron chi connectivity index (χ3n) is 5.91. The highest BCUT2D eigenvalue weighted by Crippen LogP contribution is 2.47. The summed E-state index contributed by atoms with van der Waals surface area (Å²) in [6.07, 6.45) is 6.85. The summed E-state index contributed by atoms with van der Waals surface area (Å²) in [6, 6.07) is 8.79. The summed E-state index contributed by atoms with van der Waals surface area (Å²) in [5.74, 6) is -1.18. The lowest BCUT2D eigenvalue weighted by molar-refractivity contribution is -0.143. The molecule has 0 bridgehead atoms. The number of nitrogens with two attached hydrogens (primary N) is 1. The summed E-state index contributed by atoms with van der Waals surface area (Å²) in [5.41, 5.74) is 12.2. The van der Waals surface area contributed by atoms with Gasteiger partial charge in [0.25, 0.3) is 0 Å². The van der Waals surface area contributed by atoms with Gasteiger partial charge in [-0.3, -0.25) is 19.7 Å². The second kappa shape index (κ2) is 10.4. The number of carboxylic acid groups (broad SMARTS) is 2. The first kappa shape index (κ1) is 23.4. The maximum absolute atomic E-state index is 9.64. The minimum atomic E-state index is -1.08. The number of carboxylic acids is 2. The van der Waals surface area contributed by atoms with Crippen molar-refractivity contribution in [3.05, 3.63) is 47.8 Å². The van der Waals surface area contributed by atoms with Crippen LogP contribution in [0.25, 0.3) is 22.2 Å². The highest BCUT2D eigenvalue weighted by Gasteiger charge is 2.29. The molecule has 170 valence electrons. The standard InChI is InChI=1S/C20H24N4.C4H6O4/c1-3-17(21)12(2)14-6-8-18(22-10-14)15-7-9-19-16(11-23-24-19)20(15)13-4-5-13;5-3(6)1-2-4(7)8/h6-13,17H,3-5,21H2,1-2H3,(H,23,24);1-2H2,(H,5,6)(H,7,8). The number of fused-ring (bicyclic) bond motifs is 1. The smallest absolute Gasteiger partial charge is 0.303 e. The van der Waals surface area contributed by atoms with Gasteiger partial charge in [-0.1, -0.05) is 26.0 Å². The Bertz CT molecular complexity index is 1060. The van der Waals surface area contributed by atoms with Gasteiger partial charge in [0.15, 0.2) is 0 Å². The average Bonchev–Trinajstić information content (AvgIpc) is 3.52. The zero-order chi connectivity index (χ0) is 23.3. The lowest BCUT2D eigenvalue weighted by atomic mass is 9.92. The first-order valence-electron chi connectivity index (χ1n) is 10.9. The Labute approximate surface area is 186 Å². The molecule has 3 aromatic rings. The van der Waals surface area contributed by atoms with Crippen molar-refractivity contribution in [2.24, 2.45) is 5.73 Å². The van der Waals surface area contributed by atoms with Gasteiger partial charge in [0.1, 0.15) is 0 Å². The Hall–Kier alpha value is -3.26. The summed E-state index contributed by atoms with van der Waals surface area (Å²) in [7, 11) is 0. The van der Waals surface area contributed by atoms with Crippen LogP contribution in [0.3, 0.4) is 0 Å². The maximum atomic E-state index is 9.64. The lowest BCUT2D eigenvalue weighted by Gasteiger charge is -2.18. The summed E-state index contributed by atoms with van der Waals surface area (Å²) in [4.78, 5) is 24.0. The number of nitrogens with one attached hydrogen (secondary N) is 1. The fraction of sp³-hybridized carbons (Fsp3) is 0.417. The van der Waals surface area contributed by atoms with E-state index in [2.05, 4.69) is 48.3 Å². The van der Waals surface area contributed by atoms with E-state index < -0.39 is 11.9 Å². The van der Waals surface area contributed by atoms with E-state index >= 15 is 0 Å². The SMILES string of the molecule is CCC(N)C(C)c1ccc(-c2ccc3[nH]ncc3c2C2CC2)nc1.O=C(O)CCC(=O)O. The monoisotopic (exact) mass is 438 g/mol. The molecule has 1 saturated carbocycles. The first-order chi connectivity index (χ1) is 15.3. The van der Waals surface area contributed by atoms with Crippen LogP contribution in [0.2, 0.25) is 0 Å². The number of hydrogen-bond donors (Lipinski definition) is 4. The van der Waals surface area contributed by atoms with Crippen LogP contribution >= 0.6 is 0 Å². The molecule has 8 heteroatoms. The second-order valence-electron chi connectivity index (χ2n) is 8.26. The summed E-state index contributed by atoms with van der Waals surface area (Å²) >= 11 is 0. The third-order valence-corrected chi connectivity index (χ3v) is 5.91. The van der Waals surface area contributed by atoms with Crippen molar-refractivity contribution in [1.82, 2.24) is 15.2 Å². The predicted octanol–water partition coefficient (Wildman–Crippen LogP) is 4.28. The van der Waals surface area contributed by atoms with Crippen LogP contribution in [0.15, 0.2) is 36.7 Å². The quantitative estimate of drug-likeness (QED) is 0.411. The molecule has 5 N–H and O–H groups in total. The minimum Gasteiger partial charge on any atom is -0.481 e. The van der Waals surface area contributed by atoms with E-state index in [9.17, 15) is 9.59 Å². The van der Waals surface area contributed by atoms with E-state index in [0.29, 0.717) is 11.8 Å². The molecule has 1 fully saturated rings. The number of nitrogens with zero attached hydrogens (tertiary/aromatic N) is 2. The van der Waals surface area contributed by atoms with Crippen molar-refractivity contribution in [2.75, 3.05) is 0 Å². The van der Waals surface area contributed by atoms with Crippen LogP contribution < -0.4 is 5.73 Å². The van der Waals surface area contributed by atoms with Gasteiger partial charge in [-0.15, -0.1) is 0 Å². The van der Waals surface area contributed by atoms with Crippen molar-refractivity contribution < 1.29 is 19.8 Å². The van der Waals surface area contributed by atoms with E-state index in [1.807, 2.05) is 12.4 Å². The van der Waals surface area contributed by atoms with Crippen molar-refractivity contribution >= 4 is 22.8 Å². The molecule has 0 aliphatic heterocycles. The number of aliphatic carboxylic acids is 2. The van der Waals surface area contributed by atoms with Gasteiger partial charge in [-0.25, -0.2) is 0 Å². The number of hydrogen-bond acceptors (Lipinski definition) is 5. The fourth-order valence-electron chi connectivity index (χ4n) is 3.72. The topological polar surface area (TPSA) is 142 Å². The fourth-order valence-corrected chi connectivity index (χ4v) is 3.72. The van der Waals surface area contributed by atoms with Crippen LogP contribution in [-0.4, -0.2) is 43.4 Å². The molecule has 1 aliphatic carbocycles. The molecule has 2 atom stereocenters. The zero-order valence-electron chi connectivity index (χ0n) is 18.4.